The summed E-state index contributed by atoms with van der Waals surface area (Å²) in [6, 6.07) is 5.87. The lowest BCUT2D eigenvalue weighted by Crippen LogP contribution is -2.45. The molecule has 2 N–H and O–H groups in total. The maximum Gasteiger partial charge on any atom is 0.317 e. The Bertz CT molecular complexity index is 487. The minimum atomic E-state index is -0.612. The lowest BCUT2D eigenvalue weighted by molar-refractivity contribution is 0.0660. The number of carbonyl (C=O) groups is 1. The lowest BCUT2D eigenvalue weighted by atomic mass is 9.87. The Balaban J connectivity index is 1.76. The van der Waals surface area contributed by atoms with Crippen LogP contribution in [-0.2, 0) is 4.74 Å². The van der Waals surface area contributed by atoms with E-state index in [0.717, 1.165) is 18.4 Å². The number of aliphatic hydroxyl groups excluding tert-OH is 1. The molecule has 1 aliphatic heterocycles. The number of nitrogens with one attached hydrogen (secondary N) is 1. The largest absolute Gasteiger partial charge is 0.388 e. The number of piperidine rings is 1. The van der Waals surface area contributed by atoms with Gasteiger partial charge in [-0.1, -0.05) is 12.1 Å². The highest BCUT2D eigenvalue weighted by molar-refractivity contribution is 5.74. The highest BCUT2D eigenvalue weighted by Gasteiger charge is 2.28. The van der Waals surface area contributed by atoms with Crippen LogP contribution in [0.1, 0.15) is 31.4 Å². The summed E-state index contributed by atoms with van der Waals surface area (Å²) in [6.07, 6.45) is 0.855. The van der Waals surface area contributed by atoms with E-state index < -0.39 is 6.10 Å². The first-order valence-corrected chi connectivity index (χ1v) is 8.16. The van der Waals surface area contributed by atoms with Gasteiger partial charge in [0.1, 0.15) is 5.82 Å². The summed E-state index contributed by atoms with van der Waals surface area (Å²) in [6.45, 7) is 4.81. The van der Waals surface area contributed by atoms with Crippen molar-refractivity contribution in [3.63, 3.8) is 0 Å². The van der Waals surface area contributed by atoms with E-state index in [4.69, 9.17) is 4.74 Å². The Labute approximate surface area is 136 Å². The zero-order chi connectivity index (χ0) is 16.7. The molecule has 1 atom stereocenters. The molecule has 0 aliphatic carbocycles. The predicted molar refractivity (Wildman–Crippen MR) is 85.5 cm³/mol. The van der Waals surface area contributed by atoms with E-state index in [1.54, 1.807) is 17.0 Å². The summed E-state index contributed by atoms with van der Waals surface area (Å²) in [5.41, 5.74) is 0.728. The summed E-state index contributed by atoms with van der Waals surface area (Å²) in [4.78, 5) is 13.8. The number of rotatable bonds is 6. The molecule has 1 unspecified atom stereocenters. The van der Waals surface area contributed by atoms with Crippen LogP contribution in [0, 0.1) is 11.7 Å². The van der Waals surface area contributed by atoms with Crippen molar-refractivity contribution in [1.29, 1.82) is 0 Å². The van der Waals surface area contributed by atoms with Crippen LogP contribution in [-0.4, -0.2) is 48.9 Å². The quantitative estimate of drug-likeness (QED) is 0.790. The van der Waals surface area contributed by atoms with Crippen LogP contribution in [0.2, 0.25) is 0 Å². The molecule has 23 heavy (non-hydrogen) atoms. The van der Waals surface area contributed by atoms with Crippen LogP contribution < -0.4 is 5.32 Å². The first-order chi connectivity index (χ1) is 11.1. The molecule has 1 saturated heterocycles. The number of benzene rings is 1. The number of amides is 2. The zero-order valence-corrected chi connectivity index (χ0v) is 13.5. The Morgan fingerprint density at radius 1 is 1.39 bits per heavy atom. The summed E-state index contributed by atoms with van der Waals surface area (Å²) in [7, 11) is 0. The van der Waals surface area contributed by atoms with Crippen molar-refractivity contribution in [1.82, 2.24) is 10.2 Å². The van der Waals surface area contributed by atoms with Crippen molar-refractivity contribution in [3.05, 3.63) is 35.6 Å². The second-order valence-electron chi connectivity index (χ2n) is 5.75. The van der Waals surface area contributed by atoms with Crippen molar-refractivity contribution in [2.45, 2.75) is 25.9 Å². The number of nitrogens with zero attached hydrogens (tertiary/aromatic N) is 1. The van der Waals surface area contributed by atoms with Gasteiger partial charge in [-0.15, -0.1) is 0 Å². The van der Waals surface area contributed by atoms with Gasteiger partial charge in [-0.25, -0.2) is 9.18 Å². The number of likely N-dealkylation sites (tertiary alicyclic amines) is 1. The number of ether oxygens (including phenoxy) is 1. The SMILES string of the molecule is CCOCCNC(=O)N1CCC(C(O)c2ccc(F)cc2)CC1. The summed E-state index contributed by atoms with van der Waals surface area (Å²) < 4.78 is 18.1. The van der Waals surface area contributed by atoms with E-state index in [2.05, 4.69) is 5.32 Å². The molecule has 2 amide bonds. The Morgan fingerprint density at radius 3 is 2.65 bits per heavy atom. The zero-order valence-electron chi connectivity index (χ0n) is 13.5. The van der Waals surface area contributed by atoms with E-state index in [-0.39, 0.29) is 17.8 Å². The summed E-state index contributed by atoms with van der Waals surface area (Å²) >= 11 is 0. The number of hydrogen-bond donors (Lipinski definition) is 2. The van der Waals surface area contributed by atoms with Crippen LogP contribution in [0.3, 0.4) is 0 Å². The fraction of sp³-hybridized carbons (Fsp3) is 0.588. The minimum Gasteiger partial charge on any atom is -0.388 e. The number of aliphatic hydroxyl groups is 1. The number of urea groups is 1. The lowest BCUT2D eigenvalue weighted by Gasteiger charge is -2.34. The van der Waals surface area contributed by atoms with Crippen molar-refractivity contribution >= 4 is 6.03 Å². The minimum absolute atomic E-state index is 0.0839. The molecular formula is C17H25FN2O3. The fourth-order valence-electron chi connectivity index (χ4n) is 2.84. The molecule has 2 rings (SSSR count). The highest BCUT2D eigenvalue weighted by atomic mass is 19.1. The first-order valence-electron chi connectivity index (χ1n) is 8.16. The molecular weight excluding hydrogens is 299 g/mol. The van der Waals surface area contributed by atoms with E-state index in [9.17, 15) is 14.3 Å². The third-order valence-electron chi connectivity index (χ3n) is 4.21. The molecule has 6 heteroatoms. The van der Waals surface area contributed by atoms with Crippen molar-refractivity contribution < 1.29 is 19.0 Å². The van der Waals surface area contributed by atoms with Gasteiger partial charge in [-0.2, -0.15) is 0 Å². The molecule has 1 heterocycles. The molecule has 0 aromatic heterocycles. The standard InChI is InChI=1S/C17H25FN2O3/c1-2-23-12-9-19-17(22)20-10-7-14(8-11-20)16(21)13-3-5-15(18)6-4-13/h3-6,14,16,21H,2,7-12H2,1H3,(H,19,22). The Hall–Kier alpha value is -1.66. The van der Waals surface area contributed by atoms with Gasteiger partial charge in [0.05, 0.1) is 12.7 Å². The van der Waals surface area contributed by atoms with Crippen LogP contribution >= 0.6 is 0 Å². The molecule has 0 spiro atoms. The molecule has 0 radical (unpaired) electrons. The Kier molecular flexibility index (Phi) is 6.80. The number of halogens is 1. The van der Waals surface area contributed by atoms with Gasteiger partial charge < -0.3 is 20.1 Å². The molecule has 1 aromatic carbocycles. The van der Waals surface area contributed by atoms with Gasteiger partial charge in [0.25, 0.3) is 0 Å². The topological polar surface area (TPSA) is 61.8 Å². The highest BCUT2D eigenvalue weighted by Crippen LogP contribution is 2.30. The molecule has 5 nitrogen and oxygen atoms in total. The number of hydrogen-bond acceptors (Lipinski definition) is 3. The van der Waals surface area contributed by atoms with Crippen molar-refractivity contribution in [3.8, 4) is 0 Å². The van der Waals surface area contributed by atoms with Crippen LogP contribution in [0.4, 0.5) is 9.18 Å². The van der Waals surface area contributed by atoms with Gasteiger partial charge in [0.15, 0.2) is 0 Å². The van der Waals surface area contributed by atoms with E-state index in [0.29, 0.717) is 32.8 Å². The summed E-state index contributed by atoms with van der Waals surface area (Å²) in [5, 5.41) is 13.2. The van der Waals surface area contributed by atoms with E-state index in [1.807, 2.05) is 6.92 Å². The smallest absolute Gasteiger partial charge is 0.317 e. The van der Waals surface area contributed by atoms with Crippen molar-refractivity contribution in [2.75, 3.05) is 32.8 Å². The molecule has 0 bridgehead atoms. The second-order valence-corrected chi connectivity index (χ2v) is 5.75. The predicted octanol–water partition coefficient (Wildman–Crippen LogP) is 2.32. The molecule has 1 fully saturated rings. The van der Waals surface area contributed by atoms with Gasteiger partial charge in [0.2, 0.25) is 0 Å². The molecule has 1 aliphatic rings. The maximum atomic E-state index is 12.9. The van der Waals surface area contributed by atoms with E-state index in [1.165, 1.54) is 12.1 Å². The second kappa shape index (κ2) is 8.84. The van der Waals surface area contributed by atoms with Gasteiger partial charge >= 0.3 is 6.03 Å². The van der Waals surface area contributed by atoms with E-state index >= 15 is 0 Å². The van der Waals surface area contributed by atoms with Gasteiger partial charge in [-0.3, -0.25) is 0 Å². The van der Waals surface area contributed by atoms with Crippen molar-refractivity contribution in [2.24, 2.45) is 5.92 Å². The average Bonchev–Trinajstić information content (AvgIpc) is 2.59. The average molecular weight is 324 g/mol. The van der Waals surface area contributed by atoms with Gasteiger partial charge in [-0.05, 0) is 43.4 Å². The third-order valence-corrected chi connectivity index (χ3v) is 4.21. The van der Waals surface area contributed by atoms with Gasteiger partial charge in [0, 0.05) is 26.2 Å². The van der Waals surface area contributed by atoms with Crippen LogP contribution in [0.15, 0.2) is 24.3 Å². The maximum absolute atomic E-state index is 12.9. The molecule has 1 aromatic rings. The first kappa shape index (κ1) is 17.7. The molecule has 128 valence electrons. The third kappa shape index (κ3) is 5.18. The normalized spacial score (nSPS) is 17.1. The monoisotopic (exact) mass is 324 g/mol. The fourth-order valence-corrected chi connectivity index (χ4v) is 2.84. The summed E-state index contributed by atoms with van der Waals surface area (Å²) in [5.74, 6) is -0.215. The Morgan fingerprint density at radius 2 is 2.04 bits per heavy atom. The molecule has 0 saturated carbocycles. The number of carbonyl (C=O) groups excluding carboxylic acids is 1. The van der Waals surface area contributed by atoms with Crippen LogP contribution in [0.25, 0.3) is 0 Å². The van der Waals surface area contributed by atoms with Crippen LogP contribution in [0.5, 0.6) is 0 Å².